The zero-order valence-electron chi connectivity index (χ0n) is 23.2. The molecule has 0 unspecified atom stereocenters. The van der Waals surface area contributed by atoms with Crippen LogP contribution in [-0.4, -0.2) is 19.7 Å². The van der Waals surface area contributed by atoms with Crippen LogP contribution in [0, 0.1) is 12.3 Å². The first-order chi connectivity index (χ1) is 18.1. The largest absolute Gasteiger partial charge is 2.00 e. The number of pyridine rings is 2. The third kappa shape index (κ3) is 6.37. The monoisotopic (exact) mass is 694 g/mol. The van der Waals surface area contributed by atoms with Gasteiger partial charge in [-0.2, -0.15) is 0 Å². The minimum atomic E-state index is -0.0247. The predicted octanol–water partition coefficient (Wildman–Crippen LogP) is 7.99. The van der Waals surface area contributed by atoms with E-state index in [9.17, 15) is 0 Å². The van der Waals surface area contributed by atoms with Crippen LogP contribution in [0.5, 0.6) is 0 Å². The Hall–Kier alpha value is -3.56. The summed E-state index contributed by atoms with van der Waals surface area (Å²) in [4.78, 5) is 11.2. The van der Waals surface area contributed by atoms with Crippen LogP contribution in [0.25, 0.3) is 17.1 Å². The zero-order valence-corrected chi connectivity index (χ0v) is 25.5. The van der Waals surface area contributed by atoms with E-state index in [1.807, 2.05) is 54.7 Å². The maximum Gasteiger partial charge on any atom is 2.00 e. The standard InChI is InChI=1S/C33H33N5.Pt/c1-32(2,3)25-19-26(33(4,5)6)21-28(20-25)38(29-22-36-37(23-29)31-15-8-10-17-35-31)27-13-11-12-24(18-27)30-14-7-9-16-34-30;/h7-17,19-22H,1-6H3;/q-2;+2. The first kappa shape index (κ1) is 28.4. The van der Waals surface area contributed by atoms with E-state index in [0.29, 0.717) is 5.82 Å². The molecule has 0 amide bonds. The Morgan fingerprint density at radius 2 is 1.38 bits per heavy atom. The van der Waals surface area contributed by atoms with Crippen LogP contribution in [0.15, 0.2) is 91.4 Å². The van der Waals surface area contributed by atoms with Crippen LogP contribution in [0.1, 0.15) is 52.7 Å². The van der Waals surface area contributed by atoms with Gasteiger partial charge >= 0.3 is 21.1 Å². The van der Waals surface area contributed by atoms with Crippen LogP contribution in [0.2, 0.25) is 0 Å². The molecule has 5 rings (SSSR count). The van der Waals surface area contributed by atoms with Gasteiger partial charge < -0.3 is 19.5 Å². The number of aromatic nitrogens is 4. The minimum Gasteiger partial charge on any atom is -0.349 e. The van der Waals surface area contributed by atoms with Crippen LogP contribution in [0.4, 0.5) is 17.1 Å². The molecule has 0 bridgehead atoms. The van der Waals surface area contributed by atoms with Gasteiger partial charge in [0.15, 0.2) is 0 Å². The Bertz CT molecular complexity index is 1500. The molecule has 6 heteroatoms. The summed E-state index contributed by atoms with van der Waals surface area (Å²) in [5.41, 5.74) is 7.01. The summed E-state index contributed by atoms with van der Waals surface area (Å²) in [6, 6.07) is 28.3. The maximum absolute atomic E-state index is 4.61. The van der Waals surface area contributed by atoms with E-state index >= 15 is 0 Å². The summed E-state index contributed by atoms with van der Waals surface area (Å²) in [6.07, 6.45) is 8.83. The van der Waals surface area contributed by atoms with Crippen molar-refractivity contribution in [1.29, 1.82) is 0 Å². The fourth-order valence-electron chi connectivity index (χ4n) is 4.25. The van der Waals surface area contributed by atoms with Gasteiger partial charge in [0.05, 0.1) is 5.82 Å². The number of anilines is 3. The molecule has 0 fully saturated rings. The average molecular weight is 695 g/mol. The molecule has 3 aromatic heterocycles. The second kappa shape index (κ2) is 11.3. The molecule has 0 aliphatic heterocycles. The van der Waals surface area contributed by atoms with Gasteiger partial charge in [-0.15, -0.1) is 29.8 Å². The normalized spacial score (nSPS) is 11.6. The molecule has 5 nitrogen and oxygen atoms in total. The maximum atomic E-state index is 4.61. The van der Waals surface area contributed by atoms with Gasteiger partial charge in [-0.3, -0.25) is 5.10 Å². The van der Waals surface area contributed by atoms with E-state index in [-0.39, 0.29) is 31.9 Å². The van der Waals surface area contributed by atoms with E-state index in [1.165, 1.54) is 11.1 Å². The van der Waals surface area contributed by atoms with Gasteiger partial charge in [-0.05, 0) is 75.7 Å². The molecule has 0 saturated heterocycles. The zero-order chi connectivity index (χ0) is 26.9. The molecule has 5 aromatic rings. The van der Waals surface area contributed by atoms with Crippen molar-refractivity contribution >= 4 is 17.1 Å². The first-order valence-corrected chi connectivity index (χ1v) is 12.9. The van der Waals surface area contributed by atoms with E-state index in [4.69, 9.17) is 0 Å². The van der Waals surface area contributed by atoms with E-state index in [0.717, 1.165) is 28.3 Å². The molecule has 3 heterocycles. The summed E-state index contributed by atoms with van der Waals surface area (Å²) in [5, 5.41) is 4.61. The third-order valence-corrected chi connectivity index (χ3v) is 6.49. The number of benzene rings is 2. The van der Waals surface area contributed by atoms with Crippen LogP contribution in [0.3, 0.4) is 0 Å². The average Bonchev–Trinajstić information content (AvgIpc) is 3.39. The Morgan fingerprint density at radius 1 is 0.718 bits per heavy atom. The molecule has 0 aliphatic carbocycles. The quantitative estimate of drug-likeness (QED) is 0.175. The van der Waals surface area contributed by atoms with Gasteiger partial charge in [0, 0.05) is 18.1 Å². The van der Waals surface area contributed by atoms with Crippen LogP contribution in [-0.2, 0) is 31.9 Å². The Morgan fingerprint density at radius 3 is 1.97 bits per heavy atom. The van der Waals surface area contributed by atoms with Crippen molar-refractivity contribution in [2.75, 3.05) is 4.90 Å². The third-order valence-electron chi connectivity index (χ3n) is 6.49. The van der Waals surface area contributed by atoms with Gasteiger partial charge in [0.2, 0.25) is 0 Å². The molecule has 2 aromatic carbocycles. The summed E-state index contributed by atoms with van der Waals surface area (Å²) >= 11 is 0. The molecule has 0 spiro atoms. The molecule has 39 heavy (non-hydrogen) atoms. The molecule has 0 radical (unpaired) electrons. The second-order valence-electron chi connectivity index (χ2n) is 11.5. The number of nitrogens with zero attached hydrogens (tertiary/aromatic N) is 5. The summed E-state index contributed by atoms with van der Waals surface area (Å²) in [5.74, 6) is 0.712. The van der Waals surface area contributed by atoms with Crippen molar-refractivity contribution in [3.63, 3.8) is 0 Å². The Labute approximate surface area is 246 Å². The van der Waals surface area contributed by atoms with E-state index < -0.39 is 0 Å². The number of hydrogen-bond acceptors (Lipinski definition) is 4. The Balaban J connectivity index is 0.00000353. The van der Waals surface area contributed by atoms with E-state index in [1.54, 1.807) is 17.1 Å². The van der Waals surface area contributed by atoms with Gasteiger partial charge in [-0.25, -0.2) is 0 Å². The topological polar surface area (TPSA) is 46.8 Å². The molecule has 0 saturated carbocycles. The summed E-state index contributed by atoms with van der Waals surface area (Å²) in [6.45, 7) is 13.5. The molecule has 200 valence electrons. The van der Waals surface area contributed by atoms with Crippen molar-refractivity contribution in [3.05, 3.63) is 115 Å². The van der Waals surface area contributed by atoms with Crippen molar-refractivity contribution in [3.8, 4) is 17.1 Å². The molecule has 0 N–H and O–H groups in total. The molecule has 0 atom stereocenters. The number of rotatable bonds is 5. The molecular formula is C33H33N5Pt. The van der Waals surface area contributed by atoms with Gasteiger partial charge in [0.25, 0.3) is 0 Å². The molecule has 0 aliphatic rings. The van der Waals surface area contributed by atoms with Gasteiger partial charge in [0.1, 0.15) is 0 Å². The predicted molar refractivity (Wildman–Crippen MR) is 154 cm³/mol. The smallest absolute Gasteiger partial charge is 0.349 e. The van der Waals surface area contributed by atoms with Gasteiger partial charge in [-0.1, -0.05) is 71.9 Å². The second-order valence-corrected chi connectivity index (χ2v) is 11.5. The fourth-order valence-corrected chi connectivity index (χ4v) is 4.25. The van der Waals surface area contributed by atoms with E-state index in [2.05, 4.69) is 98.0 Å². The number of hydrogen-bond donors (Lipinski definition) is 0. The SMILES string of the molecule is CC(C)(C)c1cc(N(c2[c-]c(-c3ccccn3)ccc2)c2[c-]n(-c3ccccn3)nc2)cc(C(C)(C)C)c1.[Pt+2]. The Kier molecular flexibility index (Phi) is 8.22. The summed E-state index contributed by atoms with van der Waals surface area (Å²) in [7, 11) is 0. The van der Waals surface area contributed by atoms with Crippen LogP contribution >= 0.6 is 0 Å². The fraction of sp³-hybridized carbons (Fsp3) is 0.242. The first-order valence-electron chi connectivity index (χ1n) is 12.9. The van der Waals surface area contributed by atoms with Crippen LogP contribution < -0.4 is 4.90 Å². The van der Waals surface area contributed by atoms with Crippen molar-refractivity contribution in [2.45, 2.75) is 52.4 Å². The summed E-state index contributed by atoms with van der Waals surface area (Å²) < 4.78 is 1.68. The van der Waals surface area contributed by atoms with Crippen molar-refractivity contribution < 1.29 is 21.1 Å². The van der Waals surface area contributed by atoms with Crippen molar-refractivity contribution in [2.24, 2.45) is 0 Å². The minimum absolute atomic E-state index is 0. The molecular weight excluding hydrogens is 661 g/mol. The van der Waals surface area contributed by atoms with Crippen molar-refractivity contribution in [1.82, 2.24) is 19.7 Å².